The van der Waals surface area contributed by atoms with Crippen LogP contribution in [0.2, 0.25) is 0 Å². The first-order valence-corrected chi connectivity index (χ1v) is 4.65. The van der Waals surface area contributed by atoms with Gasteiger partial charge >= 0.3 is 0 Å². The van der Waals surface area contributed by atoms with Crippen LogP contribution in [-0.2, 0) is 0 Å². The van der Waals surface area contributed by atoms with Gasteiger partial charge in [-0.25, -0.2) is 0 Å². The molecule has 2 atom stereocenters. The van der Waals surface area contributed by atoms with Crippen molar-refractivity contribution in [2.45, 2.75) is 32.4 Å². The Labute approximate surface area is 74.4 Å². The highest BCUT2D eigenvalue weighted by Crippen LogP contribution is 2.06. The van der Waals surface area contributed by atoms with Crippen LogP contribution in [0.25, 0.3) is 0 Å². The van der Waals surface area contributed by atoms with E-state index in [1.54, 1.807) is 0 Å². The van der Waals surface area contributed by atoms with Crippen molar-refractivity contribution in [3.63, 3.8) is 0 Å². The van der Waals surface area contributed by atoms with E-state index < -0.39 is 0 Å². The maximum absolute atomic E-state index is 8.85. The summed E-state index contributed by atoms with van der Waals surface area (Å²) in [6.07, 6.45) is 0.934. The zero-order valence-corrected chi connectivity index (χ0v) is 7.88. The van der Waals surface area contributed by atoms with Crippen molar-refractivity contribution in [3.05, 3.63) is 0 Å². The van der Waals surface area contributed by atoms with Gasteiger partial charge in [-0.2, -0.15) is 5.26 Å². The predicted octanol–water partition coefficient (Wildman–Crippen LogP) is 0.582. The predicted molar refractivity (Wildman–Crippen MR) is 48.7 cm³/mol. The number of nitrogens with zero attached hydrogens (tertiary/aromatic N) is 2. The standard InChI is InChI=1S/C9H17N3/c1-3-9(6-10)12-5-4-11-8(2)7-12/h8-9,11H,3-5,7H2,1-2H3/t8-,9?/m1/s1. The topological polar surface area (TPSA) is 39.1 Å². The average molecular weight is 167 g/mol. The lowest BCUT2D eigenvalue weighted by Gasteiger charge is -2.34. The van der Waals surface area contributed by atoms with Crippen molar-refractivity contribution >= 4 is 0 Å². The molecule has 0 amide bonds. The van der Waals surface area contributed by atoms with Crippen LogP contribution < -0.4 is 5.32 Å². The van der Waals surface area contributed by atoms with Gasteiger partial charge in [-0.15, -0.1) is 0 Å². The zero-order chi connectivity index (χ0) is 8.97. The Kier molecular flexibility index (Phi) is 3.51. The van der Waals surface area contributed by atoms with Gasteiger partial charge in [0.15, 0.2) is 0 Å². The second-order valence-corrected chi connectivity index (χ2v) is 3.40. The van der Waals surface area contributed by atoms with Crippen LogP contribution in [0.3, 0.4) is 0 Å². The third kappa shape index (κ3) is 2.20. The molecule has 0 aromatic rings. The molecule has 0 aliphatic carbocycles. The molecule has 0 aromatic heterocycles. The molecule has 0 aromatic carbocycles. The highest BCUT2D eigenvalue weighted by Gasteiger charge is 2.21. The fourth-order valence-corrected chi connectivity index (χ4v) is 1.68. The Balaban J connectivity index is 2.45. The molecule has 3 nitrogen and oxygen atoms in total. The van der Waals surface area contributed by atoms with Crippen molar-refractivity contribution in [3.8, 4) is 6.07 Å². The summed E-state index contributed by atoms with van der Waals surface area (Å²) in [5.74, 6) is 0. The van der Waals surface area contributed by atoms with Gasteiger partial charge in [-0.05, 0) is 13.3 Å². The minimum atomic E-state index is 0.120. The minimum Gasteiger partial charge on any atom is -0.312 e. The first-order valence-electron chi connectivity index (χ1n) is 4.65. The highest BCUT2D eigenvalue weighted by molar-refractivity contribution is 4.93. The van der Waals surface area contributed by atoms with Crippen LogP contribution in [-0.4, -0.2) is 36.6 Å². The third-order valence-electron chi connectivity index (χ3n) is 2.38. The van der Waals surface area contributed by atoms with Gasteiger partial charge in [0.1, 0.15) is 0 Å². The van der Waals surface area contributed by atoms with Gasteiger partial charge in [-0.3, -0.25) is 4.90 Å². The number of hydrogen-bond acceptors (Lipinski definition) is 3. The van der Waals surface area contributed by atoms with Gasteiger partial charge in [0.2, 0.25) is 0 Å². The highest BCUT2D eigenvalue weighted by atomic mass is 15.2. The van der Waals surface area contributed by atoms with E-state index >= 15 is 0 Å². The van der Waals surface area contributed by atoms with Crippen LogP contribution in [0.1, 0.15) is 20.3 Å². The van der Waals surface area contributed by atoms with Gasteiger partial charge in [-0.1, -0.05) is 6.92 Å². The SMILES string of the molecule is CCC(C#N)N1CCN[C@H](C)C1. The molecule has 1 heterocycles. The van der Waals surface area contributed by atoms with E-state index in [1.165, 1.54) is 0 Å². The molecule has 1 rings (SSSR count). The monoisotopic (exact) mass is 167 g/mol. The molecule has 3 heteroatoms. The van der Waals surface area contributed by atoms with Gasteiger partial charge in [0.25, 0.3) is 0 Å². The van der Waals surface area contributed by atoms with E-state index in [0.29, 0.717) is 6.04 Å². The van der Waals surface area contributed by atoms with Crippen molar-refractivity contribution in [1.82, 2.24) is 10.2 Å². The summed E-state index contributed by atoms with van der Waals surface area (Å²) in [4.78, 5) is 2.27. The van der Waals surface area contributed by atoms with Crippen LogP contribution in [0, 0.1) is 11.3 Å². The average Bonchev–Trinajstić information content (AvgIpc) is 2.07. The smallest absolute Gasteiger partial charge is 0.0976 e. The van der Waals surface area contributed by atoms with Crippen LogP contribution >= 0.6 is 0 Å². The molecule has 12 heavy (non-hydrogen) atoms. The minimum absolute atomic E-state index is 0.120. The molecule has 0 spiro atoms. The van der Waals surface area contributed by atoms with E-state index in [1.807, 2.05) is 0 Å². The molecule has 0 radical (unpaired) electrons. The second kappa shape index (κ2) is 4.44. The molecule has 68 valence electrons. The lowest BCUT2D eigenvalue weighted by Crippen LogP contribution is -2.52. The first-order chi connectivity index (χ1) is 5.77. The summed E-state index contributed by atoms with van der Waals surface area (Å²) in [5.41, 5.74) is 0. The van der Waals surface area contributed by atoms with Crippen molar-refractivity contribution < 1.29 is 0 Å². The fourth-order valence-electron chi connectivity index (χ4n) is 1.68. The fraction of sp³-hybridized carbons (Fsp3) is 0.889. The van der Waals surface area contributed by atoms with Crippen molar-refractivity contribution in [2.24, 2.45) is 0 Å². The maximum Gasteiger partial charge on any atom is 0.0976 e. The Morgan fingerprint density at radius 3 is 3.00 bits per heavy atom. The molecule has 0 saturated carbocycles. The molecular weight excluding hydrogens is 150 g/mol. The van der Waals surface area contributed by atoms with Gasteiger partial charge < -0.3 is 5.32 Å². The van der Waals surface area contributed by atoms with E-state index in [-0.39, 0.29) is 6.04 Å². The Morgan fingerprint density at radius 2 is 2.50 bits per heavy atom. The van der Waals surface area contributed by atoms with Crippen molar-refractivity contribution in [2.75, 3.05) is 19.6 Å². The number of nitrogens with one attached hydrogen (secondary N) is 1. The van der Waals surface area contributed by atoms with Crippen LogP contribution in [0.4, 0.5) is 0 Å². The molecule has 1 aliphatic rings. The van der Waals surface area contributed by atoms with E-state index in [9.17, 15) is 0 Å². The van der Waals surface area contributed by atoms with Gasteiger partial charge in [0, 0.05) is 25.7 Å². The molecule has 1 saturated heterocycles. The van der Waals surface area contributed by atoms with Crippen molar-refractivity contribution in [1.29, 1.82) is 5.26 Å². The largest absolute Gasteiger partial charge is 0.312 e. The molecule has 1 N–H and O–H groups in total. The lowest BCUT2D eigenvalue weighted by atomic mass is 10.1. The molecule has 1 unspecified atom stereocenters. The number of hydrogen-bond donors (Lipinski definition) is 1. The number of nitriles is 1. The molecule has 1 aliphatic heterocycles. The maximum atomic E-state index is 8.85. The number of rotatable bonds is 2. The summed E-state index contributed by atoms with van der Waals surface area (Å²) >= 11 is 0. The molecule has 1 fully saturated rings. The van der Waals surface area contributed by atoms with Crippen LogP contribution in [0.15, 0.2) is 0 Å². The van der Waals surface area contributed by atoms with Crippen LogP contribution in [0.5, 0.6) is 0 Å². The number of piperazine rings is 1. The molecular formula is C9H17N3. The van der Waals surface area contributed by atoms with E-state index in [2.05, 4.69) is 30.1 Å². The molecule has 0 bridgehead atoms. The van der Waals surface area contributed by atoms with E-state index in [4.69, 9.17) is 5.26 Å². The summed E-state index contributed by atoms with van der Waals surface area (Å²) < 4.78 is 0. The third-order valence-corrected chi connectivity index (χ3v) is 2.38. The summed E-state index contributed by atoms with van der Waals surface area (Å²) in [7, 11) is 0. The van der Waals surface area contributed by atoms with Gasteiger partial charge in [0.05, 0.1) is 12.1 Å². The van der Waals surface area contributed by atoms with E-state index in [0.717, 1.165) is 26.1 Å². The Hall–Kier alpha value is -0.590. The lowest BCUT2D eigenvalue weighted by molar-refractivity contribution is 0.174. The second-order valence-electron chi connectivity index (χ2n) is 3.40. The summed E-state index contributed by atoms with van der Waals surface area (Å²) in [6.45, 7) is 7.26. The summed E-state index contributed by atoms with van der Waals surface area (Å²) in [6, 6.07) is 2.99. The first kappa shape index (κ1) is 9.50. The quantitative estimate of drug-likeness (QED) is 0.654. The Morgan fingerprint density at radius 1 is 1.75 bits per heavy atom. The zero-order valence-electron chi connectivity index (χ0n) is 7.88. The normalized spacial score (nSPS) is 27.9. The Bertz CT molecular complexity index is 173. The summed E-state index contributed by atoms with van der Waals surface area (Å²) in [5, 5.41) is 12.2.